The lowest BCUT2D eigenvalue weighted by molar-refractivity contribution is -0.167. The highest BCUT2D eigenvalue weighted by Gasteiger charge is 2.19. The van der Waals surface area contributed by atoms with E-state index in [1.165, 1.54) is 70.6 Å². The van der Waals surface area contributed by atoms with Crippen LogP contribution in [0.1, 0.15) is 258 Å². The Balaban J connectivity index is 4.22. The summed E-state index contributed by atoms with van der Waals surface area (Å²) < 4.78 is 16.8. The molecule has 0 bridgehead atoms. The predicted octanol–water partition coefficient (Wildman–Crippen LogP) is 20.0. The highest BCUT2D eigenvalue weighted by atomic mass is 16.6. The molecule has 0 aliphatic heterocycles. The second-order valence-electron chi connectivity index (χ2n) is 19.2. The molecule has 6 heteroatoms. The van der Waals surface area contributed by atoms with E-state index in [-0.39, 0.29) is 31.1 Å². The number of unbranched alkanes of at least 4 members (excludes halogenated alkanes) is 21. The number of esters is 3. The van der Waals surface area contributed by atoms with Crippen molar-refractivity contribution in [3.8, 4) is 0 Å². The molecule has 6 nitrogen and oxygen atoms in total. The molecular formula is C66H108O6. The monoisotopic (exact) mass is 997 g/mol. The first-order valence-corrected chi connectivity index (χ1v) is 29.5. The first-order valence-electron chi connectivity index (χ1n) is 29.5. The molecule has 0 rings (SSSR count). The van der Waals surface area contributed by atoms with Crippen LogP contribution in [0.25, 0.3) is 0 Å². The average molecular weight is 998 g/mol. The van der Waals surface area contributed by atoms with Crippen LogP contribution in [-0.2, 0) is 28.6 Å². The summed E-state index contributed by atoms with van der Waals surface area (Å²) in [6.45, 7) is 6.43. The molecule has 0 saturated heterocycles. The molecule has 408 valence electrons. The number of ether oxygens (including phenoxy) is 3. The van der Waals surface area contributed by atoms with Gasteiger partial charge in [-0.25, -0.2) is 0 Å². The van der Waals surface area contributed by atoms with Crippen LogP contribution in [-0.4, -0.2) is 37.2 Å². The van der Waals surface area contributed by atoms with Crippen LogP contribution < -0.4 is 0 Å². The molecule has 0 spiro atoms. The van der Waals surface area contributed by atoms with Gasteiger partial charge in [-0.1, -0.05) is 245 Å². The number of carbonyl (C=O) groups excluding carboxylic acids is 3. The zero-order chi connectivity index (χ0) is 52.2. The lowest BCUT2D eigenvalue weighted by Crippen LogP contribution is -2.30. The van der Waals surface area contributed by atoms with Crippen LogP contribution in [0.2, 0.25) is 0 Å². The highest BCUT2D eigenvalue weighted by Crippen LogP contribution is 2.14. The van der Waals surface area contributed by atoms with Crippen molar-refractivity contribution in [2.45, 2.75) is 264 Å². The number of hydrogen-bond acceptors (Lipinski definition) is 6. The molecule has 0 aromatic rings. The Morgan fingerprint density at radius 3 is 0.861 bits per heavy atom. The molecule has 0 amide bonds. The van der Waals surface area contributed by atoms with Gasteiger partial charge in [-0.2, -0.15) is 0 Å². The van der Waals surface area contributed by atoms with Crippen LogP contribution >= 0.6 is 0 Å². The van der Waals surface area contributed by atoms with Crippen molar-refractivity contribution in [1.82, 2.24) is 0 Å². The molecule has 0 aliphatic rings. The highest BCUT2D eigenvalue weighted by molar-refractivity contribution is 5.71. The van der Waals surface area contributed by atoms with E-state index in [0.29, 0.717) is 19.3 Å². The summed E-state index contributed by atoms with van der Waals surface area (Å²) in [6, 6.07) is 0. The van der Waals surface area contributed by atoms with Crippen LogP contribution in [0.3, 0.4) is 0 Å². The molecule has 0 fully saturated rings. The molecule has 1 atom stereocenters. The lowest BCUT2D eigenvalue weighted by atomic mass is 10.1. The van der Waals surface area contributed by atoms with Gasteiger partial charge in [0, 0.05) is 19.3 Å². The second-order valence-corrected chi connectivity index (χ2v) is 19.2. The van der Waals surface area contributed by atoms with Crippen LogP contribution in [0.4, 0.5) is 0 Å². The largest absolute Gasteiger partial charge is 0.462 e. The van der Waals surface area contributed by atoms with Gasteiger partial charge >= 0.3 is 17.9 Å². The Morgan fingerprint density at radius 2 is 0.542 bits per heavy atom. The van der Waals surface area contributed by atoms with Gasteiger partial charge < -0.3 is 14.2 Å². The lowest BCUT2D eigenvalue weighted by Gasteiger charge is -2.18. The van der Waals surface area contributed by atoms with Crippen molar-refractivity contribution in [3.63, 3.8) is 0 Å². The summed E-state index contributed by atoms with van der Waals surface area (Å²) in [5, 5.41) is 0. The third-order valence-electron chi connectivity index (χ3n) is 12.2. The third-order valence-corrected chi connectivity index (χ3v) is 12.2. The van der Waals surface area contributed by atoms with Crippen LogP contribution in [0.15, 0.2) is 122 Å². The minimum atomic E-state index is -0.791. The van der Waals surface area contributed by atoms with Gasteiger partial charge in [0.1, 0.15) is 13.2 Å². The van der Waals surface area contributed by atoms with E-state index in [4.69, 9.17) is 14.2 Å². The molecule has 0 aliphatic carbocycles. The summed E-state index contributed by atoms with van der Waals surface area (Å²) in [5.74, 6) is -0.928. The first kappa shape index (κ1) is 67.8. The van der Waals surface area contributed by atoms with Gasteiger partial charge in [0.2, 0.25) is 0 Å². The summed E-state index contributed by atoms with van der Waals surface area (Å²) >= 11 is 0. The third kappa shape index (κ3) is 56.7. The minimum absolute atomic E-state index is 0.0897. The van der Waals surface area contributed by atoms with Gasteiger partial charge in [-0.05, 0) is 116 Å². The Hall–Kier alpha value is -4.19. The van der Waals surface area contributed by atoms with Crippen LogP contribution in [0.5, 0.6) is 0 Å². The van der Waals surface area contributed by atoms with Crippen molar-refractivity contribution in [2.24, 2.45) is 0 Å². The van der Waals surface area contributed by atoms with Gasteiger partial charge in [0.25, 0.3) is 0 Å². The molecule has 1 unspecified atom stereocenters. The van der Waals surface area contributed by atoms with E-state index in [1.807, 2.05) is 0 Å². The SMILES string of the molecule is CC/C=C\C/C=C\C/C=C\C/C=C\C/C=C\C/C=C\C/C=C\C/C=C\CCCCCCCCC(=O)OCC(COC(=O)CCCCCCCCC)OC(=O)CCCCCCC/C=C\C/C=C\CCCCCC. The fourth-order valence-electron chi connectivity index (χ4n) is 7.78. The van der Waals surface area contributed by atoms with Gasteiger partial charge in [0.15, 0.2) is 6.10 Å². The van der Waals surface area contributed by atoms with Crippen molar-refractivity contribution >= 4 is 17.9 Å². The Bertz CT molecular complexity index is 1520. The quantitative estimate of drug-likeness (QED) is 0.0261. The molecule has 0 N–H and O–H groups in total. The van der Waals surface area contributed by atoms with E-state index < -0.39 is 6.10 Å². The van der Waals surface area contributed by atoms with Crippen LogP contribution in [0, 0.1) is 0 Å². The van der Waals surface area contributed by atoms with Gasteiger partial charge in [-0.15, -0.1) is 0 Å². The summed E-state index contributed by atoms with van der Waals surface area (Å²) in [4.78, 5) is 37.9. The predicted molar refractivity (Wildman–Crippen MR) is 311 cm³/mol. The summed E-state index contributed by atoms with van der Waals surface area (Å²) in [5.41, 5.74) is 0. The average Bonchev–Trinajstić information content (AvgIpc) is 3.38. The molecule has 0 aromatic heterocycles. The first-order chi connectivity index (χ1) is 35.5. The van der Waals surface area contributed by atoms with E-state index in [0.717, 1.165) is 148 Å². The Morgan fingerprint density at radius 1 is 0.292 bits per heavy atom. The van der Waals surface area contributed by atoms with E-state index in [2.05, 4.69) is 142 Å². The van der Waals surface area contributed by atoms with Crippen molar-refractivity contribution in [2.75, 3.05) is 13.2 Å². The maximum absolute atomic E-state index is 12.8. The number of allylic oxidation sites excluding steroid dienone is 20. The number of carbonyl (C=O) groups is 3. The van der Waals surface area contributed by atoms with Crippen molar-refractivity contribution in [1.29, 1.82) is 0 Å². The fraction of sp³-hybridized carbons (Fsp3) is 0.652. The van der Waals surface area contributed by atoms with Gasteiger partial charge in [-0.3, -0.25) is 14.4 Å². The summed E-state index contributed by atoms with van der Waals surface area (Å²) in [6.07, 6.45) is 82.1. The van der Waals surface area contributed by atoms with E-state index >= 15 is 0 Å². The Labute approximate surface area is 443 Å². The number of rotatable bonds is 52. The normalized spacial score (nSPS) is 13.0. The van der Waals surface area contributed by atoms with Crippen molar-refractivity contribution in [3.05, 3.63) is 122 Å². The smallest absolute Gasteiger partial charge is 0.306 e. The van der Waals surface area contributed by atoms with E-state index in [9.17, 15) is 14.4 Å². The Kier molecular flexibility index (Phi) is 55.9. The molecule has 0 aromatic carbocycles. The molecule has 0 heterocycles. The van der Waals surface area contributed by atoms with Gasteiger partial charge in [0.05, 0.1) is 0 Å². The zero-order valence-corrected chi connectivity index (χ0v) is 46.7. The summed E-state index contributed by atoms with van der Waals surface area (Å²) in [7, 11) is 0. The fourth-order valence-corrected chi connectivity index (χ4v) is 7.78. The number of hydrogen-bond donors (Lipinski definition) is 0. The molecular weight excluding hydrogens is 889 g/mol. The minimum Gasteiger partial charge on any atom is -0.462 e. The second kappa shape index (κ2) is 59.4. The van der Waals surface area contributed by atoms with E-state index in [1.54, 1.807) is 0 Å². The topological polar surface area (TPSA) is 78.9 Å². The zero-order valence-electron chi connectivity index (χ0n) is 46.7. The standard InChI is InChI=1S/C66H108O6/c1-4-7-10-13-16-18-20-22-24-26-27-28-29-30-31-32-33-34-35-36-37-38-39-40-42-43-45-47-50-53-56-59-65(68)71-62-63(61-70-64(67)58-55-52-49-15-12-9-6-3)72-66(69)60-57-54-51-48-46-44-41-25-23-21-19-17-14-11-8-5-2/h7,10,16,18-19,21-22,24-25,27-28,30-31,33-34,36-37,39-41,63H,4-6,8-9,11-15,17,20,23,26,29,32,35,38,42-62H2,1-3H3/b10-7-,18-16-,21-19-,24-22-,28-27-,31-30-,34-33-,37-36-,40-39-,41-25-. The molecule has 72 heavy (non-hydrogen) atoms. The molecule has 0 radical (unpaired) electrons. The molecule has 0 saturated carbocycles. The maximum Gasteiger partial charge on any atom is 0.306 e. The van der Waals surface area contributed by atoms with Crippen molar-refractivity contribution < 1.29 is 28.6 Å². The maximum atomic E-state index is 12.8.